The summed E-state index contributed by atoms with van der Waals surface area (Å²) in [5.74, 6) is 1.70. The molecule has 4 nitrogen and oxygen atoms in total. The molecule has 0 aromatic heterocycles. The number of likely N-dealkylation sites (tertiary alicyclic amines) is 1. The number of piperidine rings is 1. The van der Waals surface area contributed by atoms with Gasteiger partial charge in [0, 0.05) is 25.6 Å². The number of nitrogens with zero attached hydrogens (tertiary/aromatic N) is 1. The van der Waals surface area contributed by atoms with Crippen LogP contribution in [0.25, 0.3) is 0 Å². The van der Waals surface area contributed by atoms with Crippen LogP contribution in [0.3, 0.4) is 0 Å². The molecule has 1 aliphatic heterocycles. The Morgan fingerprint density at radius 1 is 1.29 bits per heavy atom. The van der Waals surface area contributed by atoms with E-state index in [0.29, 0.717) is 18.9 Å². The maximum Gasteiger partial charge on any atom is 0.222 e. The smallest absolute Gasteiger partial charge is 0.222 e. The number of hydrogen-bond acceptors (Lipinski definition) is 3. The third kappa shape index (κ3) is 5.99. The van der Waals surface area contributed by atoms with Crippen LogP contribution in [0, 0.1) is 19.8 Å². The monoisotopic (exact) mass is 354 g/mol. The average molecular weight is 355 g/mol. The summed E-state index contributed by atoms with van der Waals surface area (Å²) in [6, 6.07) is 6.34. The van der Waals surface area contributed by atoms with E-state index in [0.717, 1.165) is 38.1 Å². The Kier molecular flexibility index (Phi) is 8.57. The number of rotatable bonds is 6. The lowest BCUT2D eigenvalue weighted by Gasteiger charge is -2.33. The second kappa shape index (κ2) is 9.90. The summed E-state index contributed by atoms with van der Waals surface area (Å²) in [5.41, 5.74) is 8.44. The van der Waals surface area contributed by atoms with Crippen molar-refractivity contribution in [3.63, 3.8) is 0 Å². The summed E-state index contributed by atoms with van der Waals surface area (Å²) >= 11 is 0. The Labute approximate surface area is 152 Å². The van der Waals surface area contributed by atoms with E-state index < -0.39 is 0 Å². The molecule has 24 heavy (non-hydrogen) atoms. The van der Waals surface area contributed by atoms with Gasteiger partial charge in [0.25, 0.3) is 0 Å². The molecular weight excluding hydrogens is 324 g/mol. The minimum Gasteiger partial charge on any atom is -0.494 e. The molecule has 1 amide bonds. The molecule has 0 spiro atoms. The lowest BCUT2D eigenvalue weighted by molar-refractivity contribution is -0.132. The van der Waals surface area contributed by atoms with Gasteiger partial charge in [-0.1, -0.05) is 6.07 Å². The van der Waals surface area contributed by atoms with Crippen LogP contribution < -0.4 is 10.5 Å². The fraction of sp³-hybridized carbons (Fsp3) is 0.632. The number of halogens is 1. The first kappa shape index (κ1) is 20.8. The summed E-state index contributed by atoms with van der Waals surface area (Å²) in [5, 5.41) is 0. The van der Waals surface area contributed by atoms with E-state index in [2.05, 4.69) is 32.9 Å². The van der Waals surface area contributed by atoms with Crippen molar-refractivity contribution in [3.8, 4) is 5.75 Å². The molecule has 1 aromatic rings. The second-order valence-electron chi connectivity index (χ2n) is 6.78. The highest BCUT2D eigenvalue weighted by Gasteiger charge is 2.24. The predicted octanol–water partition coefficient (Wildman–Crippen LogP) is 3.47. The van der Waals surface area contributed by atoms with E-state index in [9.17, 15) is 4.79 Å². The van der Waals surface area contributed by atoms with Gasteiger partial charge in [0.2, 0.25) is 5.91 Å². The normalized spacial score (nSPS) is 16.4. The number of nitrogens with two attached hydrogens (primary N) is 1. The molecular formula is C19H31ClN2O2. The summed E-state index contributed by atoms with van der Waals surface area (Å²) in [7, 11) is 0. The zero-order valence-corrected chi connectivity index (χ0v) is 15.9. The number of carbonyl (C=O) groups is 1. The number of carbonyl (C=O) groups excluding carboxylic acids is 1. The quantitative estimate of drug-likeness (QED) is 0.796. The molecule has 1 aliphatic rings. The Morgan fingerprint density at radius 2 is 1.96 bits per heavy atom. The first-order chi connectivity index (χ1) is 11.0. The zero-order valence-electron chi connectivity index (χ0n) is 15.1. The van der Waals surface area contributed by atoms with Crippen molar-refractivity contribution >= 4 is 18.3 Å². The predicted molar refractivity (Wildman–Crippen MR) is 101 cm³/mol. The Hall–Kier alpha value is -1.26. The van der Waals surface area contributed by atoms with Crippen molar-refractivity contribution in [2.75, 3.05) is 19.7 Å². The molecule has 0 saturated carbocycles. The first-order valence-electron chi connectivity index (χ1n) is 8.71. The molecule has 1 saturated heterocycles. The largest absolute Gasteiger partial charge is 0.494 e. The van der Waals surface area contributed by atoms with Gasteiger partial charge >= 0.3 is 0 Å². The Balaban J connectivity index is 0.00000288. The van der Waals surface area contributed by atoms with Gasteiger partial charge in [-0.3, -0.25) is 4.79 Å². The molecule has 1 fully saturated rings. The van der Waals surface area contributed by atoms with Crippen molar-refractivity contribution in [1.29, 1.82) is 0 Å². The molecule has 1 aromatic carbocycles. The molecule has 1 heterocycles. The highest BCUT2D eigenvalue weighted by atomic mass is 35.5. The maximum atomic E-state index is 12.2. The SMILES string of the molecule is Cc1ccc(OCCCC(=O)N2CCC(C(C)N)CC2)cc1C.Cl. The Morgan fingerprint density at radius 3 is 2.54 bits per heavy atom. The zero-order chi connectivity index (χ0) is 16.8. The molecule has 0 bridgehead atoms. The molecule has 0 radical (unpaired) electrons. The van der Waals surface area contributed by atoms with Crippen molar-refractivity contribution in [3.05, 3.63) is 29.3 Å². The minimum absolute atomic E-state index is 0. The lowest BCUT2D eigenvalue weighted by atomic mass is 9.91. The standard InChI is InChI=1S/C19H30N2O2.ClH/c1-14-6-7-18(13-15(14)2)23-12-4-5-19(22)21-10-8-17(9-11-21)16(3)20;/h6-7,13,16-17H,4-5,8-12,20H2,1-3H3;1H. The van der Waals surface area contributed by atoms with E-state index in [4.69, 9.17) is 10.5 Å². The van der Waals surface area contributed by atoms with E-state index in [-0.39, 0.29) is 24.4 Å². The van der Waals surface area contributed by atoms with Crippen LogP contribution in [0.2, 0.25) is 0 Å². The van der Waals surface area contributed by atoms with E-state index >= 15 is 0 Å². The van der Waals surface area contributed by atoms with Crippen LogP contribution in [0.1, 0.15) is 43.7 Å². The molecule has 5 heteroatoms. The van der Waals surface area contributed by atoms with Gasteiger partial charge < -0.3 is 15.4 Å². The highest BCUT2D eigenvalue weighted by Crippen LogP contribution is 2.20. The third-order valence-corrected chi connectivity index (χ3v) is 4.92. The van der Waals surface area contributed by atoms with Crippen LogP contribution >= 0.6 is 12.4 Å². The van der Waals surface area contributed by atoms with Gasteiger partial charge in [-0.2, -0.15) is 0 Å². The van der Waals surface area contributed by atoms with E-state index in [1.54, 1.807) is 0 Å². The summed E-state index contributed by atoms with van der Waals surface area (Å²) < 4.78 is 5.74. The van der Waals surface area contributed by atoms with Crippen LogP contribution in [-0.4, -0.2) is 36.5 Å². The lowest BCUT2D eigenvalue weighted by Crippen LogP contribution is -2.42. The number of benzene rings is 1. The maximum absolute atomic E-state index is 12.2. The molecule has 2 rings (SSSR count). The van der Waals surface area contributed by atoms with Crippen LogP contribution in [0.15, 0.2) is 18.2 Å². The van der Waals surface area contributed by atoms with Gasteiger partial charge in [-0.05, 0) is 69.2 Å². The van der Waals surface area contributed by atoms with E-state index in [1.807, 2.05) is 11.0 Å². The number of aryl methyl sites for hydroxylation is 2. The van der Waals surface area contributed by atoms with Crippen molar-refractivity contribution in [1.82, 2.24) is 4.90 Å². The topological polar surface area (TPSA) is 55.6 Å². The number of hydrogen-bond donors (Lipinski definition) is 1. The summed E-state index contributed by atoms with van der Waals surface area (Å²) in [6.45, 7) is 8.52. The van der Waals surface area contributed by atoms with Gasteiger partial charge in [0.05, 0.1) is 6.61 Å². The average Bonchev–Trinajstić information content (AvgIpc) is 2.54. The third-order valence-electron chi connectivity index (χ3n) is 4.92. The fourth-order valence-electron chi connectivity index (χ4n) is 3.05. The van der Waals surface area contributed by atoms with Gasteiger partial charge in [0.1, 0.15) is 5.75 Å². The van der Waals surface area contributed by atoms with Crippen LogP contribution in [0.5, 0.6) is 5.75 Å². The number of amides is 1. The number of ether oxygens (including phenoxy) is 1. The molecule has 2 N–H and O–H groups in total. The van der Waals surface area contributed by atoms with Crippen molar-refractivity contribution < 1.29 is 9.53 Å². The van der Waals surface area contributed by atoms with Gasteiger partial charge in [0.15, 0.2) is 0 Å². The molecule has 136 valence electrons. The van der Waals surface area contributed by atoms with Crippen LogP contribution in [-0.2, 0) is 4.79 Å². The van der Waals surface area contributed by atoms with E-state index in [1.165, 1.54) is 11.1 Å². The van der Waals surface area contributed by atoms with Gasteiger partial charge in [-0.15, -0.1) is 12.4 Å². The van der Waals surface area contributed by atoms with Crippen molar-refractivity contribution in [2.45, 2.75) is 52.5 Å². The summed E-state index contributed by atoms with van der Waals surface area (Å²) in [6.07, 6.45) is 3.39. The first-order valence-corrected chi connectivity index (χ1v) is 8.71. The summed E-state index contributed by atoms with van der Waals surface area (Å²) in [4.78, 5) is 14.2. The van der Waals surface area contributed by atoms with Gasteiger partial charge in [-0.25, -0.2) is 0 Å². The van der Waals surface area contributed by atoms with Crippen LogP contribution in [0.4, 0.5) is 0 Å². The molecule has 0 aliphatic carbocycles. The molecule has 1 atom stereocenters. The Bertz CT molecular complexity index is 526. The highest BCUT2D eigenvalue weighted by molar-refractivity contribution is 5.85. The molecule has 1 unspecified atom stereocenters. The fourth-order valence-corrected chi connectivity index (χ4v) is 3.05. The van der Waals surface area contributed by atoms with Crippen molar-refractivity contribution in [2.24, 2.45) is 11.7 Å². The minimum atomic E-state index is 0. The second-order valence-corrected chi connectivity index (χ2v) is 6.78.